The van der Waals surface area contributed by atoms with Gasteiger partial charge in [-0.05, 0) is 35.0 Å². The molecule has 0 unspecified atom stereocenters. The molecule has 2 aromatic rings. The lowest BCUT2D eigenvalue weighted by molar-refractivity contribution is 0.618. The highest BCUT2D eigenvalue weighted by Gasteiger charge is 2.05. The molecule has 1 aromatic carbocycles. The fourth-order valence-corrected chi connectivity index (χ4v) is 1.42. The first kappa shape index (κ1) is 9.33. The Morgan fingerprint density at radius 2 is 2.21 bits per heavy atom. The summed E-state index contributed by atoms with van der Waals surface area (Å²) < 4.78 is 15.2. The van der Waals surface area contributed by atoms with E-state index < -0.39 is 0 Å². The van der Waals surface area contributed by atoms with Crippen LogP contribution in [0.5, 0.6) is 0 Å². The van der Waals surface area contributed by atoms with Crippen molar-refractivity contribution in [1.82, 2.24) is 14.8 Å². The Morgan fingerprint density at radius 1 is 1.43 bits per heavy atom. The van der Waals surface area contributed by atoms with E-state index in [1.807, 2.05) is 6.92 Å². The van der Waals surface area contributed by atoms with Gasteiger partial charge in [0, 0.05) is 6.07 Å². The Labute approximate surface area is 88.7 Å². The standard InChI is InChI=1S/C9H7BrFN3/c1-6-12-5-13-14(6)7-2-3-8(10)9(11)4-7/h2-5H,1H3. The monoisotopic (exact) mass is 255 g/mol. The van der Waals surface area contributed by atoms with Crippen molar-refractivity contribution in [2.24, 2.45) is 0 Å². The summed E-state index contributed by atoms with van der Waals surface area (Å²) >= 11 is 3.09. The number of benzene rings is 1. The number of rotatable bonds is 1. The van der Waals surface area contributed by atoms with Crippen molar-refractivity contribution >= 4 is 15.9 Å². The summed E-state index contributed by atoms with van der Waals surface area (Å²) in [7, 11) is 0. The minimum atomic E-state index is -0.308. The Morgan fingerprint density at radius 3 is 2.79 bits per heavy atom. The van der Waals surface area contributed by atoms with Crippen LogP contribution in [0.4, 0.5) is 4.39 Å². The molecule has 0 spiro atoms. The van der Waals surface area contributed by atoms with Gasteiger partial charge in [0.25, 0.3) is 0 Å². The minimum absolute atomic E-state index is 0.308. The maximum Gasteiger partial charge on any atom is 0.139 e. The van der Waals surface area contributed by atoms with Gasteiger partial charge in [0.05, 0.1) is 10.2 Å². The van der Waals surface area contributed by atoms with Crippen molar-refractivity contribution < 1.29 is 4.39 Å². The minimum Gasteiger partial charge on any atom is -0.220 e. The fourth-order valence-electron chi connectivity index (χ4n) is 1.17. The van der Waals surface area contributed by atoms with E-state index in [-0.39, 0.29) is 5.82 Å². The first-order valence-electron chi connectivity index (χ1n) is 4.00. The van der Waals surface area contributed by atoms with Gasteiger partial charge < -0.3 is 0 Å². The van der Waals surface area contributed by atoms with Crippen molar-refractivity contribution in [1.29, 1.82) is 0 Å². The van der Waals surface area contributed by atoms with Gasteiger partial charge in [-0.25, -0.2) is 14.1 Å². The van der Waals surface area contributed by atoms with Gasteiger partial charge in [0.1, 0.15) is 18.0 Å². The summed E-state index contributed by atoms with van der Waals surface area (Å²) in [6, 6.07) is 4.83. The Hall–Kier alpha value is -1.23. The molecule has 0 aliphatic heterocycles. The number of aromatic nitrogens is 3. The summed E-state index contributed by atoms with van der Waals surface area (Å²) in [5.41, 5.74) is 0.667. The van der Waals surface area contributed by atoms with E-state index >= 15 is 0 Å². The third-order valence-electron chi connectivity index (χ3n) is 1.87. The molecule has 0 N–H and O–H groups in total. The van der Waals surface area contributed by atoms with Crippen LogP contribution in [0.25, 0.3) is 5.69 Å². The van der Waals surface area contributed by atoms with E-state index in [0.717, 1.165) is 5.82 Å². The lowest BCUT2D eigenvalue weighted by atomic mass is 10.3. The van der Waals surface area contributed by atoms with Crippen molar-refractivity contribution in [2.45, 2.75) is 6.92 Å². The van der Waals surface area contributed by atoms with Gasteiger partial charge in [0.2, 0.25) is 0 Å². The van der Waals surface area contributed by atoms with Gasteiger partial charge >= 0.3 is 0 Å². The van der Waals surface area contributed by atoms with Gasteiger partial charge in [-0.15, -0.1) is 0 Å². The van der Waals surface area contributed by atoms with Crippen LogP contribution in [-0.4, -0.2) is 14.8 Å². The Bertz CT molecular complexity index is 467. The van der Waals surface area contributed by atoms with Gasteiger partial charge in [-0.3, -0.25) is 0 Å². The lowest BCUT2D eigenvalue weighted by Gasteiger charge is -2.03. The zero-order valence-electron chi connectivity index (χ0n) is 7.41. The average molecular weight is 256 g/mol. The number of hydrogen-bond donors (Lipinski definition) is 0. The summed E-state index contributed by atoms with van der Waals surface area (Å²) in [6.07, 6.45) is 1.44. The third-order valence-corrected chi connectivity index (χ3v) is 2.51. The summed E-state index contributed by atoms with van der Waals surface area (Å²) in [6.45, 7) is 1.81. The largest absolute Gasteiger partial charge is 0.220 e. The van der Waals surface area contributed by atoms with Gasteiger partial charge in [-0.1, -0.05) is 0 Å². The first-order chi connectivity index (χ1) is 6.68. The third kappa shape index (κ3) is 1.55. The van der Waals surface area contributed by atoms with E-state index in [1.165, 1.54) is 12.4 Å². The number of nitrogens with zero attached hydrogens (tertiary/aromatic N) is 3. The van der Waals surface area contributed by atoms with E-state index in [2.05, 4.69) is 26.0 Å². The molecule has 1 heterocycles. The fraction of sp³-hybridized carbons (Fsp3) is 0.111. The quantitative estimate of drug-likeness (QED) is 0.784. The molecule has 0 saturated heterocycles. The predicted octanol–water partition coefficient (Wildman–Crippen LogP) is 2.48. The molecular formula is C9H7BrFN3. The molecule has 5 heteroatoms. The predicted molar refractivity (Wildman–Crippen MR) is 53.8 cm³/mol. The molecule has 0 radical (unpaired) electrons. The molecule has 0 amide bonds. The highest BCUT2D eigenvalue weighted by atomic mass is 79.9. The molecule has 0 aliphatic carbocycles. The highest BCUT2D eigenvalue weighted by molar-refractivity contribution is 9.10. The van der Waals surface area contributed by atoms with Crippen LogP contribution in [0.2, 0.25) is 0 Å². The van der Waals surface area contributed by atoms with Crippen LogP contribution < -0.4 is 0 Å². The van der Waals surface area contributed by atoms with E-state index in [0.29, 0.717) is 10.2 Å². The number of halogens is 2. The van der Waals surface area contributed by atoms with E-state index in [9.17, 15) is 4.39 Å². The highest BCUT2D eigenvalue weighted by Crippen LogP contribution is 2.18. The molecule has 0 atom stereocenters. The van der Waals surface area contributed by atoms with Crippen molar-refractivity contribution in [3.8, 4) is 5.69 Å². The molecule has 2 rings (SSSR count). The van der Waals surface area contributed by atoms with Crippen molar-refractivity contribution in [3.63, 3.8) is 0 Å². The van der Waals surface area contributed by atoms with E-state index in [4.69, 9.17) is 0 Å². The average Bonchev–Trinajstić information content (AvgIpc) is 2.57. The number of aryl methyl sites for hydroxylation is 1. The second-order valence-corrected chi connectivity index (χ2v) is 3.67. The molecule has 0 aliphatic rings. The first-order valence-corrected chi connectivity index (χ1v) is 4.80. The SMILES string of the molecule is Cc1ncnn1-c1ccc(Br)c(F)c1. The number of hydrogen-bond acceptors (Lipinski definition) is 2. The summed E-state index contributed by atoms with van der Waals surface area (Å²) in [5.74, 6) is 0.420. The molecule has 72 valence electrons. The molecular weight excluding hydrogens is 249 g/mol. The molecule has 14 heavy (non-hydrogen) atoms. The topological polar surface area (TPSA) is 30.7 Å². The van der Waals surface area contributed by atoms with E-state index in [1.54, 1.807) is 16.8 Å². The van der Waals surface area contributed by atoms with Crippen molar-refractivity contribution in [3.05, 3.63) is 40.6 Å². The van der Waals surface area contributed by atoms with Crippen LogP contribution in [0.15, 0.2) is 29.0 Å². The molecule has 1 aromatic heterocycles. The maximum absolute atomic E-state index is 13.2. The zero-order chi connectivity index (χ0) is 10.1. The van der Waals surface area contributed by atoms with Crippen LogP contribution in [0.1, 0.15) is 5.82 Å². The normalized spacial score (nSPS) is 10.5. The molecule has 0 bridgehead atoms. The zero-order valence-corrected chi connectivity index (χ0v) is 8.99. The smallest absolute Gasteiger partial charge is 0.139 e. The van der Waals surface area contributed by atoms with Gasteiger partial charge in [-0.2, -0.15) is 5.10 Å². The van der Waals surface area contributed by atoms with Crippen LogP contribution in [-0.2, 0) is 0 Å². The van der Waals surface area contributed by atoms with Crippen LogP contribution >= 0.6 is 15.9 Å². The molecule has 3 nitrogen and oxygen atoms in total. The maximum atomic E-state index is 13.2. The Kier molecular flexibility index (Phi) is 2.33. The summed E-state index contributed by atoms with van der Waals surface area (Å²) in [4.78, 5) is 3.96. The Balaban J connectivity index is 2.53. The van der Waals surface area contributed by atoms with Crippen LogP contribution in [0.3, 0.4) is 0 Å². The second kappa shape index (κ2) is 3.49. The molecule has 0 fully saturated rings. The second-order valence-electron chi connectivity index (χ2n) is 2.82. The molecule has 0 saturated carbocycles. The lowest BCUT2D eigenvalue weighted by Crippen LogP contribution is -1.99. The summed E-state index contributed by atoms with van der Waals surface area (Å²) in [5, 5.41) is 3.98. The van der Waals surface area contributed by atoms with Crippen molar-refractivity contribution in [2.75, 3.05) is 0 Å². The van der Waals surface area contributed by atoms with Gasteiger partial charge in [0.15, 0.2) is 0 Å². The van der Waals surface area contributed by atoms with Crippen LogP contribution in [0, 0.1) is 12.7 Å².